The van der Waals surface area contributed by atoms with E-state index in [9.17, 15) is 18.4 Å². The first kappa shape index (κ1) is 25.2. The van der Waals surface area contributed by atoms with Crippen LogP contribution in [0.2, 0.25) is 0 Å². The number of benzene rings is 2. The quantitative estimate of drug-likeness (QED) is 0.507. The van der Waals surface area contributed by atoms with Crippen molar-refractivity contribution in [2.45, 2.75) is 39.7 Å². The van der Waals surface area contributed by atoms with Gasteiger partial charge in [-0.3, -0.25) is 4.79 Å². The van der Waals surface area contributed by atoms with Crippen LogP contribution in [-0.2, 0) is 20.9 Å². The van der Waals surface area contributed by atoms with Crippen molar-refractivity contribution in [2.75, 3.05) is 20.8 Å². The highest BCUT2D eigenvalue weighted by atomic mass is 19.1. The Morgan fingerprint density at radius 2 is 1.85 bits per heavy atom. The number of halogens is 2. The second-order valence-electron chi connectivity index (χ2n) is 8.57. The van der Waals surface area contributed by atoms with Crippen LogP contribution in [0.4, 0.5) is 8.78 Å². The fourth-order valence-electron chi connectivity index (χ4n) is 3.99. The number of hydrogen-bond donors (Lipinski definition) is 0. The van der Waals surface area contributed by atoms with Crippen molar-refractivity contribution in [3.8, 4) is 11.5 Å². The van der Waals surface area contributed by atoms with Crippen molar-refractivity contribution in [3.63, 3.8) is 0 Å². The van der Waals surface area contributed by atoms with E-state index in [0.717, 1.165) is 12.1 Å². The maximum atomic E-state index is 14.3. The molecule has 6 nitrogen and oxygen atoms in total. The molecule has 1 aliphatic heterocycles. The Bertz CT molecular complexity index is 1110. The van der Waals surface area contributed by atoms with E-state index >= 15 is 0 Å². The molecule has 0 saturated carbocycles. The van der Waals surface area contributed by atoms with Gasteiger partial charge in [-0.05, 0) is 37.1 Å². The highest BCUT2D eigenvalue weighted by molar-refractivity contribution is 5.96. The Morgan fingerprint density at radius 1 is 1.12 bits per heavy atom. The van der Waals surface area contributed by atoms with Crippen LogP contribution < -0.4 is 9.47 Å². The van der Waals surface area contributed by atoms with Crippen molar-refractivity contribution in [2.24, 2.45) is 5.92 Å². The summed E-state index contributed by atoms with van der Waals surface area (Å²) in [5.74, 6) is -1.82. The lowest BCUT2D eigenvalue weighted by atomic mass is 9.83. The third-order valence-corrected chi connectivity index (χ3v) is 5.75. The summed E-state index contributed by atoms with van der Waals surface area (Å²) in [6.07, 6.45) is -0.0597. The highest BCUT2D eigenvalue weighted by Crippen LogP contribution is 2.42. The molecule has 182 valence electrons. The standard InChI is InChI=1S/C26H29F2NO5/c1-15(2)14-34-26(31)25-16(3)29(13-17-6-7-18(27)10-22(17)28)24(30)12-21(25)20-11-19(32-4)8-9-23(20)33-5/h6-11,15,21H,12-14H2,1-5H3/t21-/m0/s1. The lowest BCUT2D eigenvalue weighted by Crippen LogP contribution is -2.38. The number of hydrogen-bond acceptors (Lipinski definition) is 5. The van der Waals surface area contributed by atoms with Gasteiger partial charge in [0.2, 0.25) is 5.91 Å². The molecule has 2 aromatic carbocycles. The van der Waals surface area contributed by atoms with Gasteiger partial charge in [0.1, 0.15) is 23.1 Å². The second kappa shape index (κ2) is 10.7. The molecular formula is C26H29F2NO5. The molecular weight excluding hydrogens is 444 g/mol. The lowest BCUT2D eigenvalue weighted by molar-refractivity contribution is -0.141. The average Bonchev–Trinajstić information content (AvgIpc) is 2.80. The highest BCUT2D eigenvalue weighted by Gasteiger charge is 2.38. The maximum Gasteiger partial charge on any atom is 0.336 e. The third kappa shape index (κ3) is 5.38. The van der Waals surface area contributed by atoms with Crippen molar-refractivity contribution in [3.05, 3.63) is 70.4 Å². The van der Waals surface area contributed by atoms with E-state index in [1.54, 1.807) is 25.1 Å². The minimum absolute atomic E-state index is 0.0597. The lowest BCUT2D eigenvalue weighted by Gasteiger charge is -2.35. The molecule has 0 unspecified atom stereocenters. The molecule has 34 heavy (non-hydrogen) atoms. The van der Waals surface area contributed by atoms with Gasteiger partial charge in [-0.15, -0.1) is 0 Å². The molecule has 0 fully saturated rings. The first-order valence-electron chi connectivity index (χ1n) is 11.0. The smallest absolute Gasteiger partial charge is 0.336 e. The molecule has 1 aliphatic rings. The minimum atomic E-state index is -0.763. The molecule has 1 atom stereocenters. The first-order valence-corrected chi connectivity index (χ1v) is 11.0. The third-order valence-electron chi connectivity index (χ3n) is 5.75. The predicted octanol–water partition coefficient (Wildman–Crippen LogP) is 4.97. The van der Waals surface area contributed by atoms with E-state index in [4.69, 9.17) is 14.2 Å². The van der Waals surface area contributed by atoms with E-state index < -0.39 is 23.5 Å². The number of ether oxygens (including phenoxy) is 3. The molecule has 0 spiro atoms. The zero-order chi connectivity index (χ0) is 25.0. The number of rotatable bonds is 8. The van der Waals surface area contributed by atoms with Gasteiger partial charge in [0.25, 0.3) is 0 Å². The first-order chi connectivity index (χ1) is 16.2. The summed E-state index contributed by atoms with van der Waals surface area (Å²) in [4.78, 5) is 27.8. The largest absolute Gasteiger partial charge is 0.497 e. The maximum absolute atomic E-state index is 14.3. The van der Waals surface area contributed by atoms with Crippen LogP contribution in [0.15, 0.2) is 47.7 Å². The monoisotopic (exact) mass is 473 g/mol. The van der Waals surface area contributed by atoms with Gasteiger partial charge in [0.15, 0.2) is 0 Å². The minimum Gasteiger partial charge on any atom is -0.497 e. The Balaban J connectivity index is 2.10. The summed E-state index contributed by atoms with van der Waals surface area (Å²) < 4.78 is 44.1. The van der Waals surface area contributed by atoms with Gasteiger partial charge < -0.3 is 19.1 Å². The summed E-state index contributed by atoms with van der Waals surface area (Å²) in [6, 6.07) is 8.36. The zero-order valence-corrected chi connectivity index (χ0v) is 20.0. The molecule has 0 saturated heterocycles. The van der Waals surface area contributed by atoms with Crippen LogP contribution in [0, 0.1) is 17.6 Å². The van der Waals surface area contributed by atoms with Gasteiger partial charge in [-0.1, -0.05) is 19.9 Å². The molecule has 0 aromatic heterocycles. The molecule has 0 aliphatic carbocycles. The molecule has 1 heterocycles. The van der Waals surface area contributed by atoms with Crippen LogP contribution in [0.25, 0.3) is 0 Å². The van der Waals surface area contributed by atoms with Crippen LogP contribution in [0.3, 0.4) is 0 Å². The summed E-state index contributed by atoms with van der Waals surface area (Å²) in [5, 5.41) is 0. The van der Waals surface area contributed by atoms with Gasteiger partial charge in [-0.25, -0.2) is 13.6 Å². The topological polar surface area (TPSA) is 65.1 Å². The van der Waals surface area contributed by atoms with Crippen molar-refractivity contribution in [1.82, 2.24) is 4.90 Å². The SMILES string of the molecule is COc1ccc(OC)c([C@@H]2CC(=O)N(Cc3ccc(F)cc3F)C(C)=C2C(=O)OCC(C)C)c1. The van der Waals surface area contributed by atoms with E-state index in [0.29, 0.717) is 22.8 Å². The average molecular weight is 474 g/mol. The van der Waals surface area contributed by atoms with Gasteiger partial charge in [0, 0.05) is 35.2 Å². The molecule has 1 amide bonds. The Morgan fingerprint density at radius 3 is 2.47 bits per heavy atom. The molecule has 0 N–H and O–H groups in total. The van der Waals surface area contributed by atoms with Crippen LogP contribution in [-0.4, -0.2) is 37.6 Å². The molecule has 3 rings (SSSR count). The van der Waals surface area contributed by atoms with Gasteiger partial charge in [0.05, 0.1) is 32.9 Å². The van der Waals surface area contributed by atoms with Crippen LogP contribution >= 0.6 is 0 Å². The second-order valence-corrected chi connectivity index (χ2v) is 8.57. The Labute approximate surface area is 198 Å². The van der Waals surface area contributed by atoms with Gasteiger partial charge in [-0.2, -0.15) is 0 Å². The number of allylic oxidation sites excluding steroid dienone is 1. The molecule has 0 bridgehead atoms. The van der Waals surface area contributed by atoms with E-state index in [-0.39, 0.29) is 42.5 Å². The number of methoxy groups -OCH3 is 2. The van der Waals surface area contributed by atoms with E-state index in [2.05, 4.69) is 0 Å². The number of esters is 1. The zero-order valence-electron chi connectivity index (χ0n) is 20.0. The molecule has 0 radical (unpaired) electrons. The van der Waals surface area contributed by atoms with Crippen LogP contribution in [0.1, 0.15) is 44.2 Å². The molecule has 8 heteroatoms. The summed E-state index contributed by atoms with van der Waals surface area (Å²) in [5.41, 5.74) is 1.39. The number of amides is 1. The fourth-order valence-corrected chi connectivity index (χ4v) is 3.99. The fraction of sp³-hybridized carbons (Fsp3) is 0.385. The van der Waals surface area contributed by atoms with Crippen molar-refractivity contribution < 1.29 is 32.6 Å². The summed E-state index contributed by atoms with van der Waals surface area (Å²) >= 11 is 0. The predicted molar refractivity (Wildman–Crippen MR) is 122 cm³/mol. The number of carbonyl (C=O) groups is 2. The Kier molecular flexibility index (Phi) is 7.91. The van der Waals surface area contributed by atoms with Crippen molar-refractivity contribution in [1.29, 1.82) is 0 Å². The summed E-state index contributed by atoms with van der Waals surface area (Å²) in [6.45, 7) is 5.54. The normalized spacial score (nSPS) is 16.2. The van der Waals surface area contributed by atoms with Gasteiger partial charge >= 0.3 is 5.97 Å². The Hall–Kier alpha value is -3.42. The van der Waals surface area contributed by atoms with E-state index in [1.165, 1.54) is 25.2 Å². The number of carbonyl (C=O) groups excluding carboxylic acids is 2. The number of nitrogens with zero attached hydrogens (tertiary/aromatic N) is 1. The van der Waals surface area contributed by atoms with Crippen LogP contribution in [0.5, 0.6) is 11.5 Å². The van der Waals surface area contributed by atoms with E-state index in [1.807, 2.05) is 13.8 Å². The molecule has 2 aromatic rings. The van der Waals surface area contributed by atoms with Crippen molar-refractivity contribution >= 4 is 11.9 Å². The summed E-state index contributed by atoms with van der Waals surface area (Å²) in [7, 11) is 3.03.